The van der Waals surface area contributed by atoms with E-state index in [1.54, 1.807) is 6.20 Å². The number of nitrogens with zero attached hydrogens (tertiary/aromatic N) is 2. The molecule has 21 heavy (non-hydrogen) atoms. The number of halogens is 1. The number of fused-ring (bicyclic) bond motifs is 1. The van der Waals surface area contributed by atoms with E-state index < -0.39 is 0 Å². The summed E-state index contributed by atoms with van der Waals surface area (Å²) in [6.45, 7) is 3.07. The molecule has 2 aromatic rings. The van der Waals surface area contributed by atoms with Crippen LogP contribution in [0.5, 0.6) is 5.75 Å². The molecule has 5 nitrogen and oxygen atoms in total. The van der Waals surface area contributed by atoms with Gasteiger partial charge in [-0.05, 0) is 34.5 Å². The van der Waals surface area contributed by atoms with E-state index in [9.17, 15) is 4.79 Å². The zero-order chi connectivity index (χ0) is 14.8. The second kappa shape index (κ2) is 5.89. The third kappa shape index (κ3) is 2.81. The van der Waals surface area contributed by atoms with Crippen LogP contribution in [-0.2, 0) is 13.0 Å². The van der Waals surface area contributed by atoms with E-state index >= 15 is 0 Å². The van der Waals surface area contributed by atoms with Crippen LogP contribution in [0.4, 0.5) is 5.69 Å². The standard InChI is InChI=1S/C15H16BrN3O2/c1-2-19-15(20)14(16)12(9-18-19)17-8-11-7-10-5-3-4-6-13(10)21-11/h3-6,9,11,17H,2,7-8H2,1H3. The highest BCUT2D eigenvalue weighted by Gasteiger charge is 2.22. The Labute approximate surface area is 131 Å². The Bertz CT molecular complexity index is 689. The van der Waals surface area contributed by atoms with Crippen molar-refractivity contribution < 1.29 is 4.74 Å². The van der Waals surface area contributed by atoms with Gasteiger partial charge in [-0.15, -0.1) is 0 Å². The van der Waals surface area contributed by atoms with Gasteiger partial charge in [0.1, 0.15) is 16.3 Å². The van der Waals surface area contributed by atoms with Crippen LogP contribution in [0.2, 0.25) is 0 Å². The summed E-state index contributed by atoms with van der Waals surface area (Å²) in [4.78, 5) is 12.0. The van der Waals surface area contributed by atoms with Crippen LogP contribution < -0.4 is 15.6 Å². The topological polar surface area (TPSA) is 56.1 Å². The molecule has 1 atom stereocenters. The number of nitrogens with one attached hydrogen (secondary N) is 1. The molecule has 0 aliphatic carbocycles. The number of aromatic nitrogens is 2. The normalized spacial score (nSPS) is 16.4. The third-order valence-electron chi connectivity index (χ3n) is 3.52. The highest BCUT2D eigenvalue weighted by Crippen LogP contribution is 2.28. The summed E-state index contributed by atoms with van der Waals surface area (Å²) >= 11 is 3.33. The van der Waals surface area contributed by atoms with Crippen molar-refractivity contribution in [2.45, 2.75) is 26.0 Å². The zero-order valence-corrected chi connectivity index (χ0v) is 13.3. The fourth-order valence-corrected chi connectivity index (χ4v) is 2.85. The van der Waals surface area contributed by atoms with Crippen molar-refractivity contribution in [3.05, 3.63) is 50.9 Å². The van der Waals surface area contributed by atoms with Crippen molar-refractivity contribution in [2.24, 2.45) is 0 Å². The molecule has 1 unspecified atom stereocenters. The molecule has 0 fully saturated rings. The summed E-state index contributed by atoms with van der Waals surface area (Å²) in [6, 6.07) is 8.05. The Hall–Kier alpha value is -1.82. The summed E-state index contributed by atoms with van der Waals surface area (Å²) in [7, 11) is 0. The highest BCUT2D eigenvalue weighted by molar-refractivity contribution is 9.10. The van der Waals surface area contributed by atoms with Gasteiger partial charge in [-0.1, -0.05) is 18.2 Å². The Kier molecular flexibility index (Phi) is 3.96. The van der Waals surface area contributed by atoms with Crippen LogP contribution in [0.3, 0.4) is 0 Å². The summed E-state index contributed by atoms with van der Waals surface area (Å²) in [5, 5.41) is 7.35. The largest absolute Gasteiger partial charge is 0.488 e. The molecule has 2 heterocycles. The van der Waals surface area contributed by atoms with Crippen molar-refractivity contribution in [3.8, 4) is 5.75 Å². The molecule has 1 aromatic heterocycles. The SMILES string of the molecule is CCn1ncc(NCC2Cc3ccccc3O2)c(Br)c1=O. The summed E-state index contributed by atoms with van der Waals surface area (Å²) in [5.41, 5.74) is 1.80. The smallest absolute Gasteiger partial charge is 0.283 e. The van der Waals surface area contributed by atoms with Gasteiger partial charge in [0, 0.05) is 13.0 Å². The molecule has 0 bridgehead atoms. The Morgan fingerprint density at radius 1 is 1.48 bits per heavy atom. The molecule has 6 heteroatoms. The molecule has 110 valence electrons. The number of anilines is 1. The molecular weight excluding hydrogens is 334 g/mol. The fourth-order valence-electron chi connectivity index (χ4n) is 2.41. The maximum absolute atomic E-state index is 12.0. The first-order valence-corrected chi connectivity index (χ1v) is 7.72. The van der Waals surface area contributed by atoms with Gasteiger partial charge in [0.25, 0.3) is 5.56 Å². The van der Waals surface area contributed by atoms with Crippen molar-refractivity contribution in [1.82, 2.24) is 9.78 Å². The number of para-hydroxylation sites is 1. The zero-order valence-electron chi connectivity index (χ0n) is 11.7. The van der Waals surface area contributed by atoms with Gasteiger partial charge in [0.05, 0.1) is 18.4 Å². The quantitative estimate of drug-likeness (QED) is 0.920. The minimum Gasteiger partial charge on any atom is -0.488 e. The van der Waals surface area contributed by atoms with Gasteiger partial charge >= 0.3 is 0 Å². The summed E-state index contributed by atoms with van der Waals surface area (Å²) in [5.74, 6) is 0.947. The molecule has 1 aliphatic rings. The highest BCUT2D eigenvalue weighted by atomic mass is 79.9. The van der Waals surface area contributed by atoms with E-state index in [1.165, 1.54) is 10.2 Å². The lowest BCUT2D eigenvalue weighted by molar-refractivity contribution is 0.246. The number of hydrogen-bond acceptors (Lipinski definition) is 4. The van der Waals surface area contributed by atoms with Crippen LogP contribution in [0.1, 0.15) is 12.5 Å². The van der Waals surface area contributed by atoms with Crippen LogP contribution in [0.25, 0.3) is 0 Å². The molecule has 0 radical (unpaired) electrons. The number of aryl methyl sites for hydroxylation is 1. The number of rotatable bonds is 4. The van der Waals surface area contributed by atoms with Crippen LogP contribution in [-0.4, -0.2) is 22.4 Å². The first-order chi connectivity index (χ1) is 10.2. The molecule has 0 amide bonds. The van der Waals surface area contributed by atoms with Gasteiger partial charge in [0.15, 0.2) is 0 Å². The van der Waals surface area contributed by atoms with E-state index in [4.69, 9.17) is 4.74 Å². The molecule has 0 saturated carbocycles. The van der Waals surface area contributed by atoms with Crippen molar-refractivity contribution in [3.63, 3.8) is 0 Å². The lowest BCUT2D eigenvalue weighted by Gasteiger charge is -2.14. The first kappa shape index (κ1) is 14.1. The minimum atomic E-state index is -0.127. The monoisotopic (exact) mass is 349 g/mol. The number of benzene rings is 1. The molecule has 1 aromatic carbocycles. The van der Waals surface area contributed by atoms with Crippen LogP contribution in [0, 0.1) is 0 Å². The molecular formula is C15H16BrN3O2. The van der Waals surface area contributed by atoms with Crippen molar-refractivity contribution in [2.75, 3.05) is 11.9 Å². The fraction of sp³-hybridized carbons (Fsp3) is 0.333. The van der Waals surface area contributed by atoms with Gasteiger partial charge < -0.3 is 10.1 Å². The van der Waals surface area contributed by atoms with Gasteiger partial charge in [-0.25, -0.2) is 4.68 Å². The van der Waals surface area contributed by atoms with Crippen molar-refractivity contribution in [1.29, 1.82) is 0 Å². The predicted octanol–water partition coefficient (Wildman–Crippen LogP) is 2.44. The lowest BCUT2D eigenvalue weighted by atomic mass is 10.1. The number of ether oxygens (including phenoxy) is 1. The maximum Gasteiger partial charge on any atom is 0.283 e. The molecule has 0 spiro atoms. The maximum atomic E-state index is 12.0. The van der Waals surface area contributed by atoms with Gasteiger partial charge in [-0.3, -0.25) is 4.79 Å². The van der Waals surface area contributed by atoms with E-state index in [2.05, 4.69) is 32.4 Å². The second-order valence-electron chi connectivity index (χ2n) is 4.93. The Balaban J connectivity index is 1.67. The third-order valence-corrected chi connectivity index (χ3v) is 4.28. The minimum absolute atomic E-state index is 0.0721. The van der Waals surface area contributed by atoms with E-state index in [0.717, 1.165) is 12.2 Å². The summed E-state index contributed by atoms with van der Waals surface area (Å²) in [6.07, 6.45) is 2.61. The molecule has 0 saturated heterocycles. The van der Waals surface area contributed by atoms with E-state index in [0.29, 0.717) is 23.2 Å². The molecule has 1 aliphatic heterocycles. The molecule has 1 N–H and O–H groups in total. The van der Waals surface area contributed by atoms with E-state index in [-0.39, 0.29) is 11.7 Å². The first-order valence-electron chi connectivity index (χ1n) is 6.93. The van der Waals surface area contributed by atoms with Crippen molar-refractivity contribution >= 4 is 21.6 Å². The number of hydrogen-bond donors (Lipinski definition) is 1. The lowest BCUT2D eigenvalue weighted by Crippen LogP contribution is -2.27. The molecule has 3 rings (SSSR count). The van der Waals surface area contributed by atoms with Gasteiger partial charge in [0.2, 0.25) is 0 Å². The Morgan fingerprint density at radius 3 is 3.05 bits per heavy atom. The summed E-state index contributed by atoms with van der Waals surface area (Å²) < 4.78 is 7.79. The predicted molar refractivity (Wildman–Crippen MR) is 84.9 cm³/mol. The second-order valence-corrected chi connectivity index (χ2v) is 5.72. The van der Waals surface area contributed by atoms with Crippen LogP contribution >= 0.6 is 15.9 Å². The van der Waals surface area contributed by atoms with Gasteiger partial charge in [-0.2, -0.15) is 5.10 Å². The van der Waals surface area contributed by atoms with E-state index in [1.807, 2.05) is 25.1 Å². The van der Waals surface area contributed by atoms with Crippen LogP contribution in [0.15, 0.2) is 39.7 Å². The average molecular weight is 350 g/mol. The Morgan fingerprint density at radius 2 is 2.29 bits per heavy atom. The average Bonchev–Trinajstić information content (AvgIpc) is 2.91.